The van der Waals surface area contributed by atoms with E-state index in [9.17, 15) is 5.11 Å². The van der Waals surface area contributed by atoms with Crippen LogP contribution in [0.3, 0.4) is 0 Å². The van der Waals surface area contributed by atoms with Gasteiger partial charge in [-0.1, -0.05) is 13.3 Å². The van der Waals surface area contributed by atoms with Gasteiger partial charge in [-0.2, -0.15) is 0 Å². The van der Waals surface area contributed by atoms with Gasteiger partial charge in [0.25, 0.3) is 0 Å². The van der Waals surface area contributed by atoms with Gasteiger partial charge in [0.1, 0.15) is 11.8 Å². The Labute approximate surface area is 117 Å². The first-order chi connectivity index (χ1) is 9.65. The molecule has 0 unspecified atom stereocenters. The first-order valence-corrected chi connectivity index (χ1v) is 6.84. The van der Waals surface area contributed by atoms with Crippen molar-refractivity contribution in [2.75, 3.05) is 18.9 Å². The molecule has 0 saturated carbocycles. The highest BCUT2D eigenvalue weighted by Crippen LogP contribution is 2.21. The van der Waals surface area contributed by atoms with E-state index in [2.05, 4.69) is 21.9 Å². The standard InChI is InChI=1S/C13H21N5O2/c1-3-4-5-20-6-10(9(2)19)18-8-17-11-12(14)15-7-16-13(11)18/h7-10,19H,3-6H2,1-2H3,(H2,14,15,16)/t9-,10+/m0/s1. The second-order valence-corrected chi connectivity index (χ2v) is 4.82. The number of nitrogen functional groups attached to an aromatic ring is 1. The lowest BCUT2D eigenvalue weighted by atomic mass is 10.2. The number of fused-ring (bicyclic) bond motifs is 1. The Bertz CT molecular complexity index is 555. The molecule has 20 heavy (non-hydrogen) atoms. The van der Waals surface area contributed by atoms with E-state index >= 15 is 0 Å². The molecule has 0 aliphatic rings. The third-order valence-corrected chi connectivity index (χ3v) is 3.23. The molecular formula is C13H21N5O2. The van der Waals surface area contributed by atoms with Crippen molar-refractivity contribution in [1.29, 1.82) is 0 Å². The summed E-state index contributed by atoms with van der Waals surface area (Å²) in [5, 5.41) is 9.97. The van der Waals surface area contributed by atoms with Crippen molar-refractivity contribution in [2.24, 2.45) is 0 Å². The highest BCUT2D eigenvalue weighted by molar-refractivity contribution is 5.81. The molecule has 110 valence electrons. The van der Waals surface area contributed by atoms with Crippen LogP contribution in [0.1, 0.15) is 32.7 Å². The van der Waals surface area contributed by atoms with Crippen LogP contribution in [0.5, 0.6) is 0 Å². The largest absolute Gasteiger partial charge is 0.391 e. The second kappa shape index (κ2) is 6.62. The van der Waals surface area contributed by atoms with E-state index in [1.165, 1.54) is 6.33 Å². The maximum atomic E-state index is 9.97. The molecule has 3 N–H and O–H groups in total. The van der Waals surface area contributed by atoms with E-state index in [0.717, 1.165) is 12.8 Å². The van der Waals surface area contributed by atoms with Gasteiger partial charge >= 0.3 is 0 Å². The minimum absolute atomic E-state index is 0.244. The number of imidazole rings is 1. The minimum atomic E-state index is -0.579. The fourth-order valence-corrected chi connectivity index (χ4v) is 2.02. The summed E-state index contributed by atoms with van der Waals surface area (Å²) in [6, 6.07) is -0.244. The van der Waals surface area contributed by atoms with Crippen molar-refractivity contribution in [3.05, 3.63) is 12.7 Å². The van der Waals surface area contributed by atoms with Crippen LogP contribution < -0.4 is 5.73 Å². The molecule has 7 heteroatoms. The van der Waals surface area contributed by atoms with E-state index < -0.39 is 6.10 Å². The zero-order valence-corrected chi connectivity index (χ0v) is 11.9. The lowest BCUT2D eigenvalue weighted by molar-refractivity contribution is 0.0421. The zero-order valence-electron chi connectivity index (χ0n) is 11.9. The van der Waals surface area contributed by atoms with Crippen molar-refractivity contribution in [3.63, 3.8) is 0 Å². The van der Waals surface area contributed by atoms with E-state index in [4.69, 9.17) is 10.5 Å². The van der Waals surface area contributed by atoms with Crippen LogP contribution in [0.25, 0.3) is 11.2 Å². The number of hydrogen-bond donors (Lipinski definition) is 2. The summed E-state index contributed by atoms with van der Waals surface area (Å²) in [6.07, 6.45) is 4.53. The van der Waals surface area contributed by atoms with E-state index in [0.29, 0.717) is 30.2 Å². The van der Waals surface area contributed by atoms with E-state index in [1.54, 1.807) is 17.8 Å². The number of hydrogen-bond acceptors (Lipinski definition) is 6. The predicted molar refractivity (Wildman–Crippen MR) is 76.2 cm³/mol. The van der Waals surface area contributed by atoms with Gasteiger partial charge in [-0.3, -0.25) is 0 Å². The lowest BCUT2D eigenvalue weighted by Gasteiger charge is -2.21. The Balaban J connectivity index is 2.21. The number of aromatic nitrogens is 4. The van der Waals surface area contributed by atoms with Gasteiger partial charge in [-0.15, -0.1) is 0 Å². The number of nitrogens with two attached hydrogens (primary N) is 1. The summed E-state index contributed by atoms with van der Waals surface area (Å²) in [4.78, 5) is 12.3. The van der Waals surface area contributed by atoms with Gasteiger partial charge in [0.15, 0.2) is 11.5 Å². The summed E-state index contributed by atoms with van der Waals surface area (Å²) in [5.74, 6) is 0.338. The molecule has 2 rings (SSSR count). The number of ether oxygens (including phenoxy) is 1. The number of aliphatic hydroxyl groups is 1. The molecule has 0 fully saturated rings. The Morgan fingerprint density at radius 1 is 1.40 bits per heavy atom. The third-order valence-electron chi connectivity index (χ3n) is 3.23. The summed E-state index contributed by atoms with van der Waals surface area (Å²) in [6.45, 7) is 4.93. The fraction of sp³-hybridized carbons (Fsp3) is 0.615. The van der Waals surface area contributed by atoms with Crippen molar-refractivity contribution >= 4 is 17.0 Å². The fourth-order valence-electron chi connectivity index (χ4n) is 2.02. The molecule has 2 aromatic heterocycles. The molecule has 0 radical (unpaired) electrons. The van der Waals surface area contributed by atoms with Crippen molar-refractivity contribution in [2.45, 2.75) is 38.8 Å². The zero-order chi connectivity index (χ0) is 14.5. The highest BCUT2D eigenvalue weighted by Gasteiger charge is 2.21. The van der Waals surface area contributed by atoms with Crippen LogP contribution in [0, 0.1) is 0 Å². The maximum absolute atomic E-state index is 9.97. The van der Waals surface area contributed by atoms with Gasteiger partial charge in [-0.25, -0.2) is 15.0 Å². The van der Waals surface area contributed by atoms with E-state index in [1.807, 2.05) is 0 Å². The normalized spacial score (nSPS) is 14.6. The van der Waals surface area contributed by atoms with Gasteiger partial charge in [0.2, 0.25) is 0 Å². The summed E-state index contributed by atoms with van der Waals surface area (Å²) in [5.41, 5.74) is 6.93. The third kappa shape index (κ3) is 3.05. The molecule has 0 aliphatic carbocycles. The van der Waals surface area contributed by atoms with Crippen molar-refractivity contribution < 1.29 is 9.84 Å². The van der Waals surface area contributed by atoms with Crippen LogP contribution >= 0.6 is 0 Å². The molecule has 0 aliphatic heterocycles. The lowest BCUT2D eigenvalue weighted by Crippen LogP contribution is -2.26. The number of aliphatic hydroxyl groups excluding tert-OH is 1. The quantitative estimate of drug-likeness (QED) is 0.737. The van der Waals surface area contributed by atoms with Crippen LogP contribution in [0.15, 0.2) is 12.7 Å². The number of nitrogens with zero attached hydrogens (tertiary/aromatic N) is 4. The first kappa shape index (κ1) is 14.7. The summed E-state index contributed by atoms with van der Waals surface area (Å²) < 4.78 is 7.41. The second-order valence-electron chi connectivity index (χ2n) is 4.82. The molecule has 0 amide bonds. The van der Waals surface area contributed by atoms with Crippen LogP contribution in [0.4, 0.5) is 5.82 Å². The summed E-state index contributed by atoms with van der Waals surface area (Å²) in [7, 11) is 0. The molecule has 0 bridgehead atoms. The SMILES string of the molecule is CCCCOC[C@H]([C@H](C)O)n1cnc2c(N)ncnc21. The molecule has 2 aromatic rings. The van der Waals surface area contributed by atoms with E-state index in [-0.39, 0.29) is 6.04 Å². The van der Waals surface area contributed by atoms with Crippen molar-refractivity contribution in [1.82, 2.24) is 19.5 Å². The van der Waals surface area contributed by atoms with Crippen molar-refractivity contribution in [3.8, 4) is 0 Å². The smallest absolute Gasteiger partial charge is 0.165 e. The Morgan fingerprint density at radius 3 is 2.90 bits per heavy atom. The molecule has 0 aromatic carbocycles. The molecule has 0 saturated heterocycles. The van der Waals surface area contributed by atoms with Gasteiger partial charge in [0.05, 0.1) is 25.1 Å². The van der Waals surface area contributed by atoms with Gasteiger partial charge in [-0.05, 0) is 13.3 Å². The number of rotatable bonds is 7. The number of unbranched alkanes of at least 4 members (excludes halogenated alkanes) is 1. The molecule has 0 spiro atoms. The van der Waals surface area contributed by atoms with Crippen LogP contribution in [0.2, 0.25) is 0 Å². The Morgan fingerprint density at radius 2 is 2.20 bits per heavy atom. The predicted octanol–water partition coefficient (Wildman–Crippen LogP) is 1.15. The molecule has 7 nitrogen and oxygen atoms in total. The van der Waals surface area contributed by atoms with Gasteiger partial charge in [0, 0.05) is 6.61 Å². The molecule has 2 heterocycles. The average Bonchev–Trinajstić information content (AvgIpc) is 2.84. The van der Waals surface area contributed by atoms with Crippen LogP contribution in [-0.2, 0) is 4.74 Å². The van der Waals surface area contributed by atoms with Gasteiger partial charge < -0.3 is 20.1 Å². The van der Waals surface area contributed by atoms with Crippen LogP contribution in [-0.4, -0.2) is 43.9 Å². The minimum Gasteiger partial charge on any atom is -0.391 e. The molecular weight excluding hydrogens is 258 g/mol. The Hall–Kier alpha value is -1.73. The maximum Gasteiger partial charge on any atom is 0.165 e. The number of anilines is 1. The first-order valence-electron chi connectivity index (χ1n) is 6.84. The Kier molecular flexibility index (Phi) is 4.86. The average molecular weight is 279 g/mol. The summed E-state index contributed by atoms with van der Waals surface area (Å²) >= 11 is 0. The topological polar surface area (TPSA) is 99.1 Å². The molecule has 2 atom stereocenters. The highest BCUT2D eigenvalue weighted by atomic mass is 16.5. The monoisotopic (exact) mass is 279 g/mol.